The predicted molar refractivity (Wildman–Crippen MR) is 64.2 cm³/mol. The van der Waals surface area contributed by atoms with E-state index in [-0.39, 0.29) is 5.97 Å². The van der Waals surface area contributed by atoms with E-state index in [2.05, 4.69) is 12.3 Å². The number of hydrogen-bond acceptors (Lipinski definition) is 2. The topological polar surface area (TPSA) is 26.3 Å². The lowest BCUT2D eigenvalue weighted by atomic mass is 10.0. The third kappa shape index (κ3) is 3.41. The monoisotopic (exact) mass is 216 g/mol. The van der Waals surface area contributed by atoms with Gasteiger partial charge in [-0.1, -0.05) is 36.4 Å². The summed E-state index contributed by atoms with van der Waals surface area (Å²) in [6.45, 7) is 7.70. The highest BCUT2D eigenvalue weighted by atomic mass is 16.5. The maximum absolute atomic E-state index is 11.5. The number of ether oxygens (including phenoxy) is 1. The van der Waals surface area contributed by atoms with Crippen molar-refractivity contribution in [1.82, 2.24) is 0 Å². The second kappa shape index (κ2) is 5.94. The Kier molecular flexibility index (Phi) is 4.56. The summed E-state index contributed by atoms with van der Waals surface area (Å²) < 4.78 is 4.91. The number of carbonyl (C=O) groups is 1. The van der Waals surface area contributed by atoms with Crippen molar-refractivity contribution < 1.29 is 9.53 Å². The Labute approximate surface area is 96.2 Å². The minimum atomic E-state index is -0.335. The second-order valence-electron chi connectivity index (χ2n) is 3.54. The molecule has 0 aliphatic heterocycles. The van der Waals surface area contributed by atoms with Crippen molar-refractivity contribution in [1.29, 1.82) is 0 Å². The van der Waals surface area contributed by atoms with E-state index in [0.717, 1.165) is 5.56 Å². The number of hydrogen-bond donors (Lipinski definition) is 0. The third-order valence-electron chi connectivity index (χ3n) is 2.24. The number of rotatable bonds is 4. The highest BCUT2D eigenvalue weighted by Crippen LogP contribution is 2.10. The van der Waals surface area contributed by atoms with Crippen LogP contribution >= 0.6 is 0 Å². The van der Waals surface area contributed by atoms with Gasteiger partial charge >= 0.3 is 5.97 Å². The summed E-state index contributed by atoms with van der Waals surface area (Å²) in [6.07, 6.45) is 0.516. The molecule has 0 amide bonds. The summed E-state index contributed by atoms with van der Waals surface area (Å²) in [5.74, 6) is -0.335. The van der Waals surface area contributed by atoms with Crippen molar-refractivity contribution in [2.75, 3.05) is 6.61 Å². The Hall–Kier alpha value is -1.79. The number of carbonyl (C=O) groups excluding carboxylic acids is 1. The number of benzene rings is 1. The average Bonchev–Trinajstić information content (AvgIpc) is 2.28. The van der Waals surface area contributed by atoms with Crippen LogP contribution in [0.25, 0.3) is 0 Å². The van der Waals surface area contributed by atoms with Gasteiger partial charge in [-0.15, -0.1) is 5.73 Å². The second-order valence-corrected chi connectivity index (χ2v) is 3.54. The molecule has 0 aliphatic rings. The van der Waals surface area contributed by atoms with Gasteiger partial charge in [0.1, 0.15) is 0 Å². The molecule has 2 heteroatoms. The standard InChI is InChI=1S/C14H16O2/c1-4-13(14(15)16-5-2)10-12-8-6-11(3)7-9-12/h6-9H,1,5,10H2,2-3H3. The van der Waals surface area contributed by atoms with Gasteiger partial charge in [0.25, 0.3) is 0 Å². The molecule has 0 saturated heterocycles. The maximum Gasteiger partial charge on any atom is 0.342 e. The van der Waals surface area contributed by atoms with Crippen molar-refractivity contribution >= 4 is 5.97 Å². The van der Waals surface area contributed by atoms with Crippen LogP contribution in [-0.4, -0.2) is 12.6 Å². The summed E-state index contributed by atoms with van der Waals surface area (Å²) in [4.78, 5) is 11.5. The van der Waals surface area contributed by atoms with Crippen LogP contribution < -0.4 is 0 Å². The van der Waals surface area contributed by atoms with Crippen LogP contribution in [0.5, 0.6) is 0 Å². The van der Waals surface area contributed by atoms with E-state index < -0.39 is 0 Å². The Morgan fingerprint density at radius 3 is 2.50 bits per heavy atom. The molecular weight excluding hydrogens is 200 g/mol. The zero-order valence-corrected chi connectivity index (χ0v) is 9.75. The van der Waals surface area contributed by atoms with E-state index in [9.17, 15) is 4.79 Å². The minimum Gasteiger partial charge on any atom is -0.462 e. The Balaban J connectivity index is 2.75. The molecular formula is C14H16O2. The minimum absolute atomic E-state index is 0.335. The van der Waals surface area contributed by atoms with E-state index in [1.54, 1.807) is 6.92 Å². The highest BCUT2D eigenvalue weighted by molar-refractivity contribution is 5.88. The molecule has 0 aliphatic carbocycles. The van der Waals surface area contributed by atoms with Gasteiger partial charge in [0, 0.05) is 6.42 Å². The zero-order valence-electron chi connectivity index (χ0n) is 9.75. The summed E-state index contributed by atoms with van der Waals surface area (Å²) in [5, 5.41) is 0. The molecule has 1 aromatic carbocycles. The van der Waals surface area contributed by atoms with Gasteiger partial charge in [-0.2, -0.15) is 0 Å². The Bertz CT molecular complexity index is 409. The number of esters is 1. The third-order valence-corrected chi connectivity index (χ3v) is 2.24. The first kappa shape index (κ1) is 12.3. The molecule has 0 bridgehead atoms. The van der Waals surface area contributed by atoms with Crippen molar-refractivity contribution in [3.63, 3.8) is 0 Å². The van der Waals surface area contributed by atoms with E-state index in [1.165, 1.54) is 5.56 Å². The average molecular weight is 216 g/mol. The Morgan fingerprint density at radius 2 is 2.00 bits per heavy atom. The van der Waals surface area contributed by atoms with Gasteiger partial charge in [0.05, 0.1) is 12.2 Å². The lowest BCUT2D eigenvalue weighted by molar-refractivity contribution is -0.138. The molecule has 0 atom stereocenters. The summed E-state index contributed by atoms with van der Waals surface area (Å²) in [5.41, 5.74) is 5.38. The fraction of sp³-hybridized carbons (Fsp3) is 0.286. The molecule has 0 unspecified atom stereocenters. The van der Waals surface area contributed by atoms with Crippen LogP contribution in [-0.2, 0) is 16.0 Å². The first-order valence-electron chi connectivity index (χ1n) is 5.29. The quantitative estimate of drug-likeness (QED) is 0.439. The fourth-order valence-electron chi connectivity index (χ4n) is 1.34. The first-order chi connectivity index (χ1) is 7.67. The molecule has 1 aromatic rings. The first-order valence-corrected chi connectivity index (χ1v) is 5.29. The van der Waals surface area contributed by atoms with Crippen LogP contribution in [0.1, 0.15) is 18.1 Å². The maximum atomic E-state index is 11.5. The Morgan fingerprint density at radius 1 is 1.38 bits per heavy atom. The molecule has 2 nitrogen and oxygen atoms in total. The molecule has 0 N–H and O–H groups in total. The van der Waals surface area contributed by atoms with Gasteiger partial charge in [0.2, 0.25) is 0 Å². The predicted octanol–water partition coefficient (Wildman–Crippen LogP) is 2.81. The van der Waals surface area contributed by atoms with E-state index in [1.807, 2.05) is 31.2 Å². The van der Waals surface area contributed by atoms with Gasteiger partial charge in [-0.25, -0.2) is 4.79 Å². The van der Waals surface area contributed by atoms with Crippen molar-refractivity contribution in [3.05, 3.63) is 53.3 Å². The molecule has 0 spiro atoms. The van der Waals surface area contributed by atoms with Crippen LogP contribution in [0.3, 0.4) is 0 Å². The van der Waals surface area contributed by atoms with E-state index in [0.29, 0.717) is 18.6 Å². The summed E-state index contributed by atoms with van der Waals surface area (Å²) >= 11 is 0. The lowest BCUT2D eigenvalue weighted by Crippen LogP contribution is -2.09. The van der Waals surface area contributed by atoms with Gasteiger partial charge in [-0.05, 0) is 19.4 Å². The molecule has 0 radical (unpaired) electrons. The molecule has 0 heterocycles. The van der Waals surface area contributed by atoms with Crippen LogP contribution in [0.2, 0.25) is 0 Å². The van der Waals surface area contributed by atoms with E-state index >= 15 is 0 Å². The van der Waals surface area contributed by atoms with Crippen LogP contribution in [0.15, 0.2) is 42.1 Å². The molecule has 84 valence electrons. The fourth-order valence-corrected chi connectivity index (χ4v) is 1.34. The molecule has 1 rings (SSSR count). The van der Waals surface area contributed by atoms with Crippen LogP contribution in [0.4, 0.5) is 0 Å². The van der Waals surface area contributed by atoms with Gasteiger partial charge in [-0.3, -0.25) is 0 Å². The molecule has 16 heavy (non-hydrogen) atoms. The smallest absolute Gasteiger partial charge is 0.342 e. The van der Waals surface area contributed by atoms with Crippen LogP contribution in [0, 0.1) is 6.92 Å². The lowest BCUT2D eigenvalue weighted by Gasteiger charge is -2.05. The van der Waals surface area contributed by atoms with Gasteiger partial charge < -0.3 is 4.74 Å². The summed E-state index contributed by atoms with van der Waals surface area (Å²) in [6, 6.07) is 8.01. The largest absolute Gasteiger partial charge is 0.462 e. The number of aryl methyl sites for hydroxylation is 1. The summed E-state index contributed by atoms with van der Waals surface area (Å²) in [7, 11) is 0. The van der Waals surface area contributed by atoms with Crippen molar-refractivity contribution in [3.8, 4) is 0 Å². The van der Waals surface area contributed by atoms with Gasteiger partial charge in [0.15, 0.2) is 0 Å². The zero-order chi connectivity index (χ0) is 12.0. The molecule has 0 aromatic heterocycles. The van der Waals surface area contributed by atoms with E-state index in [4.69, 9.17) is 4.74 Å². The van der Waals surface area contributed by atoms with Crippen molar-refractivity contribution in [2.24, 2.45) is 0 Å². The highest BCUT2D eigenvalue weighted by Gasteiger charge is 2.10. The van der Waals surface area contributed by atoms with Crippen molar-refractivity contribution in [2.45, 2.75) is 20.3 Å². The molecule has 0 saturated carbocycles. The molecule has 0 fully saturated rings. The SMILES string of the molecule is C=C=C(Cc1ccc(C)cc1)C(=O)OCC. The normalized spacial score (nSPS) is 9.38.